The van der Waals surface area contributed by atoms with Gasteiger partial charge >= 0.3 is 0 Å². The highest BCUT2D eigenvalue weighted by Gasteiger charge is 2.72. The van der Waals surface area contributed by atoms with Gasteiger partial charge in [-0.1, -0.05) is 70.4 Å². The number of ether oxygens (including phenoxy) is 2. The number of allylic oxidation sites excluding steroid dienone is 1. The third-order valence-electron chi connectivity index (χ3n) is 15.1. The summed E-state index contributed by atoms with van der Waals surface area (Å²) in [5.74, 6) is 0.648. The van der Waals surface area contributed by atoms with E-state index < -0.39 is 28.8 Å². The normalized spacial score (nSPS) is 44.2. The summed E-state index contributed by atoms with van der Waals surface area (Å²) in [6.45, 7) is 9.66. The first-order valence-corrected chi connectivity index (χ1v) is 19.1. The second kappa shape index (κ2) is 12.6. The average molecular weight is 649 g/mol. The molecule has 0 spiro atoms. The molecule has 1 heterocycles. The topological polar surface area (TPSA) is 96.2 Å². The maximum Gasteiger partial charge on any atom is 0.159 e. The zero-order valence-corrected chi connectivity index (χ0v) is 29.3. The van der Waals surface area contributed by atoms with E-state index in [1.165, 1.54) is 12.0 Å². The number of hydrogen-bond donors (Lipinski definition) is 3. The van der Waals surface area contributed by atoms with Gasteiger partial charge < -0.3 is 24.8 Å². The van der Waals surface area contributed by atoms with Crippen LogP contribution < -0.4 is 0 Å². The molecule has 7 rings (SSSR count). The quantitative estimate of drug-likeness (QED) is 0.286. The summed E-state index contributed by atoms with van der Waals surface area (Å²) < 4.78 is 12.5. The zero-order valence-electron chi connectivity index (χ0n) is 29.3. The molecule has 1 aromatic carbocycles. The number of aliphatic hydroxyl groups is 3. The fraction of sp³-hybridized carbons (Fsp3) is 0.780. The maximum absolute atomic E-state index is 14.2. The van der Waals surface area contributed by atoms with Crippen LogP contribution in [-0.2, 0) is 20.7 Å². The van der Waals surface area contributed by atoms with Crippen LogP contribution in [0.1, 0.15) is 110 Å². The Labute approximate surface area is 282 Å². The molecule has 6 heteroatoms. The largest absolute Gasteiger partial charge is 0.387 e. The van der Waals surface area contributed by atoms with Crippen molar-refractivity contribution in [1.29, 1.82) is 0 Å². The summed E-state index contributed by atoms with van der Waals surface area (Å²) in [6, 6.07) is 10.4. The van der Waals surface area contributed by atoms with Gasteiger partial charge in [0.2, 0.25) is 0 Å². The van der Waals surface area contributed by atoms with E-state index in [4.69, 9.17) is 9.47 Å². The molecular formula is C41H60O6. The summed E-state index contributed by atoms with van der Waals surface area (Å²) in [6.07, 6.45) is 12.4. The van der Waals surface area contributed by atoms with Gasteiger partial charge in [0.15, 0.2) is 5.78 Å². The van der Waals surface area contributed by atoms with E-state index in [2.05, 4.69) is 45.0 Å². The lowest BCUT2D eigenvalue weighted by molar-refractivity contribution is -0.215. The van der Waals surface area contributed by atoms with Crippen LogP contribution in [0.15, 0.2) is 42.0 Å². The van der Waals surface area contributed by atoms with E-state index in [1.807, 2.05) is 19.1 Å². The first-order valence-electron chi connectivity index (χ1n) is 19.1. The monoisotopic (exact) mass is 648 g/mol. The van der Waals surface area contributed by atoms with E-state index in [0.29, 0.717) is 32.0 Å². The molecular weight excluding hydrogens is 588 g/mol. The fourth-order valence-electron chi connectivity index (χ4n) is 12.3. The molecule has 1 aromatic rings. The Kier molecular flexibility index (Phi) is 9.12. The first kappa shape index (κ1) is 33.9. The molecule has 0 unspecified atom stereocenters. The van der Waals surface area contributed by atoms with Crippen molar-refractivity contribution in [3.8, 4) is 0 Å². The lowest BCUT2D eigenvalue weighted by Crippen LogP contribution is -2.66. The average Bonchev–Trinajstić information content (AvgIpc) is 3.58. The van der Waals surface area contributed by atoms with Gasteiger partial charge in [-0.15, -0.1) is 0 Å². The third kappa shape index (κ3) is 5.34. The molecule has 6 nitrogen and oxygen atoms in total. The van der Waals surface area contributed by atoms with Crippen LogP contribution in [0, 0.1) is 46.3 Å². The molecule has 1 aliphatic heterocycles. The molecule has 5 aliphatic carbocycles. The molecule has 4 saturated carbocycles. The molecule has 5 fully saturated rings. The van der Waals surface area contributed by atoms with Crippen LogP contribution in [0.2, 0.25) is 0 Å². The minimum absolute atomic E-state index is 0.0825. The maximum atomic E-state index is 14.2. The highest BCUT2D eigenvalue weighted by molar-refractivity contribution is 5.95. The molecule has 0 aromatic heterocycles. The number of aliphatic hydroxyl groups excluding tert-OH is 1. The number of ketones is 1. The van der Waals surface area contributed by atoms with Crippen molar-refractivity contribution < 1.29 is 29.6 Å². The highest BCUT2D eigenvalue weighted by atomic mass is 16.5. The number of carbonyl (C=O) groups is 1. The molecule has 12 atom stereocenters. The predicted octanol–water partition coefficient (Wildman–Crippen LogP) is 6.83. The number of rotatable bonds is 8. The smallest absolute Gasteiger partial charge is 0.159 e. The van der Waals surface area contributed by atoms with Gasteiger partial charge in [-0.25, -0.2) is 0 Å². The Morgan fingerprint density at radius 2 is 1.74 bits per heavy atom. The molecule has 260 valence electrons. The molecule has 0 radical (unpaired) electrons. The predicted molar refractivity (Wildman–Crippen MR) is 183 cm³/mol. The van der Waals surface area contributed by atoms with Crippen LogP contribution in [0.5, 0.6) is 0 Å². The van der Waals surface area contributed by atoms with E-state index in [-0.39, 0.29) is 46.9 Å². The van der Waals surface area contributed by atoms with E-state index >= 15 is 0 Å². The summed E-state index contributed by atoms with van der Waals surface area (Å²) >= 11 is 0. The van der Waals surface area contributed by atoms with Gasteiger partial charge in [-0.05, 0) is 123 Å². The number of hydrogen-bond acceptors (Lipinski definition) is 6. The van der Waals surface area contributed by atoms with Crippen LogP contribution in [0.3, 0.4) is 0 Å². The molecule has 3 N–H and O–H groups in total. The van der Waals surface area contributed by atoms with Gasteiger partial charge in [-0.3, -0.25) is 4.79 Å². The lowest BCUT2D eigenvalue weighted by atomic mass is 9.42. The van der Waals surface area contributed by atoms with Crippen molar-refractivity contribution in [1.82, 2.24) is 0 Å². The van der Waals surface area contributed by atoms with Crippen LogP contribution >= 0.6 is 0 Å². The van der Waals surface area contributed by atoms with E-state index in [1.54, 1.807) is 0 Å². The number of benzene rings is 1. The second-order valence-corrected chi connectivity index (χ2v) is 17.3. The Hall–Kier alpha value is -1.57. The Bertz CT molecular complexity index is 1320. The molecule has 0 amide bonds. The molecule has 1 saturated heterocycles. The Morgan fingerprint density at radius 3 is 2.45 bits per heavy atom. The first-order chi connectivity index (χ1) is 22.4. The van der Waals surface area contributed by atoms with Crippen LogP contribution in [0.25, 0.3) is 0 Å². The van der Waals surface area contributed by atoms with Gasteiger partial charge in [0.25, 0.3) is 0 Å². The Balaban J connectivity index is 1.17. The van der Waals surface area contributed by atoms with Crippen molar-refractivity contribution in [2.24, 2.45) is 46.3 Å². The van der Waals surface area contributed by atoms with Crippen molar-refractivity contribution in [2.45, 2.75) is 141 Å². The summed E-state index contributed by atoms with van der Waals surface area (Å²) in [4.78, 5) is 14.2. The highest BCUT2D eigenvalue weighted by Crippen LogP contribution is 2.72. The molecule has 47 heavy (non-hydrogen) atoms. The standard InChI is InChI=1S/C41H60O6/c1-26-25-47-36(27(26)2)37(43)39(4,44)35-17-21-41(45)32-24-34(42)33-23-30(46-22-18-28-11-7-5-8-12-28)15-19-38(33,3)31(32)16-20-40(35,41)29-13-9-6-10-14-29/h5,7-8,11-12,24,26-27,29-31,33,35-37,43-45H,6,9-10,13-23,25H2,1-4H3/t26-,27-,30+,31-,33-,35+,36+,37-,38-,39+,40+,41+/m1/s1. The van der Waals surface area contributed by atoms with Crippen molar-refractivity contribution in [3.05, 3.63) is 47.5 Å². The summed E-state index contributed by atoms with van der Waals surface area (Å²) in [7, 11) is 0. The van der Waals surface area contributed by atoms with Gasteiger partial charge in [0.1, 0.15) is 6.10 Å². The van der Waals surface area contributed by atoms with Crippen molar-refractivity contribution in [2.75, 3.05) is 13.2 Å². The zero-order chi connectivity index (χ0) is 33.2. The minimum atomic E-state index is -1.42. The minimum Gasteiger partial charge on any atom is -0.387 e. The van der Waals surface area contributed by atoms with Crippen molar-refractivity contribution >= 4 is 5.78 Å². The summed E-state index contributed by atoms with van der Waals surface area (Å²) in [5.41, 5.74) is -1.14. The number of carbonyl (C=O) groups excluding carboxylic acids is 1. The molecule has 0 bridgehead atoms. The second-order valence-electron chi connectivity index (χ2n) is 17.3. The SMILES string of the molecule is C[C@H]1[C@@H]([C@@H](O)[C@@](C)(O)[C@@H]2CC[C@]3(O)C4=CC(=O)[C@H]5C[C@@H](OCCc6ccccc6)CC[C@]5(C)[C@@H]4CC[C@]23C2CCCCC2)OC[C@H]1C. The fourth-order valence-corrected chi connectivity index (χ4v) is 12.3. The molecule has 6 aliphatic rings. The van der Waals surface area contributed by atoms with Crippen LogP contribution in [0.4, 0.5) is 0 Å². The van der Waals surface area contributed by atoms with E-state index in [9.17, 15) is 20.1 Å². The summed E-state index contributed by atoms with van der Waals surface area (Å²) in [5, 5.41) is 37.7. The Morgan fingerprint density at radius 1 is 1.00 bits per heavy atom. The lowest BCUT2D eigenvalue weighted by Gasteiger charge is -2.64. The van der Waals surface area contributed by atoms with Gasteiger partial charge in [0.05, 0.1) is 30.0 Å². The van der Waals surface area contributed by atoms with E-state index in [0.717, 1.165) is 69.8 Å². The van der Waals surface area contributed by atoms with Crippen molar-refractivity contribution in [3.63, 3.8) is 0 Å². The number of fused-ring (bicyclic) bond motifs is 5. The van der Waals surface area contributed by atoms with Gasteiger partial charge in [0, 0.05) is 17.9 Å². The van der Waals surface area contributed by atoms with Crippen LogP contribution in [-0.4, -0.2) is 63.8 Å². The van der Waals surface area contributed by atoms with Gasteiger partial charge in [-0.2, -0.15) is 0 Å². The third-order valence-corrected chi connectivity index (χ3v) is 15.1.